The monoisotopic (exact) mass is 201 g/mol. The van der Waals surface area contributed by atoms with Crippen molar-refractivity contribution in [3.8, 4) is 0 Å². The molecule has 4 heteroatoms. The second-order valence-corrected chi connectivity index (χ2v) is 3.78. The maximum Gasteiger partial charge on any atom is 0.160 e. The summed E-state index contributed by atoms with van der Waals surface area (Å²) < 4.78 is 0. The fourth-order valence-corrected chi connectivity index (χ4v) is 2.02. The molecule has 2 aliphatic rings. The minimum Gasteiger partial charge on any atom is -0.352 e. The van der Waals surface area contributed by atoms with Crippen molar-refractivity contribution in [1.82, 2.24) is 15.6 Å². The lowest BCUT2D eigenvalue weighted by atomic mass is 10.1. The van der Waals surface area contributed by atoms with Gasteiger partial charge in [-0.3, -0.25) is 0 Å². The van der Waals surface area contributed by atoms with Gasteiger partial charge in [0, 0.05) is 31.7 Å². The Morgan fingerprint density at radius 2 is 1.93 bits per heavy atom. The van der Waals surface area contributed by atoms with E-state index in [1.165, 1.54) is 5.56 Å². The Morgan fingerprint density at radius 1 is 1.13 bits per heavy atom. The molecule has 2 heterocycles. The predicted molar refractivity (Wildman–Crippen MR) is 59.2 cm³/mol. The molecule has 0 amide bonds. The molecule has 0 atom stereocenters. The zero-order chi connectivity index (χ0) is 10.1. The average Bonchev–Trinajstić information content (AvgIpc) is 2.74. The van der Waals surface area contributed by atoms with Gasteiger partial charge in [-0.2, -0.15) is 0 Å². The normalized spacial score (nSPS) is 19.5. The fraction of sp³-hybridized carbons (Fsp3) is 0.364. The van der Waals surface area contributed by atoms with Crippen LogP contribution in [0.15, 0.2) is 29.4 Å². The average molecular weight is 201 g/mol. The highest BCUT2D eigenvalue weighted by Crippen LogP contribution is 2.23. The number of amidine groups is 1. The molecule has 4 nitrogen and oxygen atoms in total. The van der Waals surface area contributed by atoms with E-state index in [0.717, 1.165) is 37.7 Å². The maximum atomic E-state index is 4.27. The molecule has 1 aromatic carbocycles. The summed E-state index contributed by atoms with van der Waals surface area (Å²) in [5.41, 5.74) is 6.34. The van der Waals surface area contributed by atoms with Gasteiger partial charge >= 0.3 is 0 Å². The molecular weight excluding hydrogens is 188 g/mol. The van der Waals surface area contributed by atoms with Crippen LogP contribution in [0.25, 0.3) is 0 Å². The van der Waals surface area contributed by atoms with Crippen LogP contribution in [0.5, 0.6) is 0 Å². The van der Waals surface area contributed by atoms with Crippen molar-refractivity contribution in [2.75, 3.05) is 26.2 Å². The lowest BCUT2D eigenvalue weighted by Gasteiger charge is -2.28. The molecular formula is C11H13N4. The standard InChI is InChI=1S/C11H13N4/c1-2-4-10-9(3-1)11(14-13-10)15-7-5-12-6-8-15/h1-4,12H,5-8H2. The van der Waals surface area contributed by atoms with Crippen molar-refractivity contribution in [3.05, 3.63) is 29.8 Å². The number of nitrogens with zero attached hydrogens (tertiary/aromatic N) is 3. The van der Waals surface area contributed by atoms with Gasteiger partial charge < -0.3 is 10.2 Å². The molecule has 77 valence electrons. The molecule has 0 aromatic heterocycles. The van der Waals surface area contributed by atoms with Gasteiger partial charge in [-0.1, -0.05) is 12.1 Å². The van der Waals surface area contributed by atoms with Gasteiger partial charge in [0.2, 0.25) is 0 Å². The molecule has 1 saturated heterocycles. The van der Waals surface area contributed by atoms with Gasteiger partial charge in [0.15, 0.2) is 5.84 Å². The first-order chi connectivity index (χ1) is 7.45. The third-order valence-electron chi connectivity index (χ3n) is 2.81. The first-order valence-corrected chi connectivity index (χ1v) is 5.29. The van der Waals surface area contributed by atoms with Gasteiger partial charge in [-0.15, -0.1) is 10.5 Å². The van der Waals surface area contributed by atoms with Crippen LogP contribution < -0.4 is 10.7 Å². The molecule has 0 spiro atoms. The number of fused-ring (bicyclic) bond motifs is 1. The summed E-state index contributed by atoms with van der Waals surface area (Å²) in [7, 11) is 0. The Morgan fingerprint density at radius 3 is 2.80 bits per heavy atom. The highest BCUT2D eigenvalue weighted by atomic mass is 15.4. The SMILES string of the molecule is c1ccc2c(c1)[N]N=C2N1CCNCC1. The summed E-state index contributed by atoms with van der Waals surface area (Å²) in [5.74, 6) is 1.03. The molecule has 0 aliphatic carbocycles. The van der Waals surface area contributed by atoms with Crippen molar-refractivity contribution < 1.29 is 0 Å². The Bertz CT molecular complexity index is 393. The van der Waals surface area contributed by atoms with Gasteiger partial charge in [-0.05, 0) is 12.1 Å². The highest BCUT2D eigenvalue weighted by Gasteiger charge is 2.23. The summed E-state index contributed by atoms with van der Waals surface area (Å²) in [6.45, 7) is 4.09. The quantitative estimate of drug-likeness (QED) is 0.664. The summed E-state index contributed by atoms with van der Waals surface area (Å²) >= 11 is 0. The van der Waals surface area contributed by atoms with E-state index in [0.29, 0.717) is 0 Å². The number of hydrogen-bond donors (Lipinski definition) is 1. The summed E-state index contributed by atoms with van der Waals surface area (Å²) in [6, 6.07) is 8.14. The lowest BCUT2D eigenvalue weighted by molar-refractivity contribution is 0.357. The fourth-order valence-electron chi connectivity index (χ4n) is 2.02. The van der Waals surface area contributed by atoms with Crippen LogP contribution in [0.4, 0.5) is 5.69 Å². The molecule has 1 N–H and O–H groups in total. The second kappa shape index (κ2) is 3.55. The summed E-state index contributed by atoms with van der Waals surface area (Å²) in [6.07, 6.45) is 0. The zero-order valence-electron chi connectivity index (χ0n) is 8.48. The molecule has 3 rings (SSSR count). The molecule has 0 unspecified atom stereocenters. The van der Waals surface area contributed by atoms with Crippen molar-refractivity contribution in [3.63, 3.8) is 0 Å². The first-order valence-electron chi connectivity index (χ1n) is 5.29. The van der Waals surface area contributed by atoms with Gasteiger partial charge in [0.1, 0.15) is 0 Å². The topological polar surface area (TPSA) is 41.7 Å². The van der Waals surface area contributed by atoms with E-state index in [2.05, 4.69) is 26.8 Å². The number of benzene rings is 1. The van der Waals surface area contributed by atoms with E-state index >= 15 is 0 Å². The zero-order valence-corrected chi connectivity index (χ0v) is 8.48. The van der Waals surface area contributed by atoms with Crippen molar-refractivity contribution >= 4 is 11.5 Å². The van der Waals surface area contributed by atoms with E-state index in [-0.39, 0.29) is 0 Å². The van der Waals surface area contributed by atoms with Crippen LogP contribution >= 0.6 is 0 Å². The van der Waals surface area contributed by atoms with Crippen molar-refractivity contribution in [1.29, 1.82) is 0 Å². The van der Waals surface area contributed by atoms with Crippen LogP contribution in [0.1, 0.15) is 5.56 Å². The van der Waals surface area contributed by atoms with Gasteiger partial charge in [0.25, 0.3) is 0 Å². The first kappa shape index (κ1) is 8.73. The minimum absolute atomic E-state index is 0.992. The maximum absolute atomic E-state index is 4.27. The van der Waals surface area contributed by atoms with Gasteiger partial charge in [0.05, 0.1) is 5.69 Å². The summed E-state index contributed by atoms with van der Waals surface area (Å²) in [4.78, 5) is 2.30. The Hall–Kier alpha value is -1.55. The highest BCUT2D eigenvalue weighted by molar-refractivity contribution is 6.04. The Kier molecular flexibility index (Phi) is 2.07. The number of hydrogen-bond acceptors (Lipinski definition) is 3. The van der Waals surface area contributed by atoms with E-state index in [9.17, 15) is 0 Å². The third kappa shape index (κ3) is 1.47. The van der Waals surface area contributed by atoms with E-state index in [4.69, 9.17) is 0 Å². The van der Waals surface area contributed by atoms with Crippen LogP contribution in [0, 0.1) is 0 Å². The molecule has 2 aliphatic heterocycles. The smallest absolute Gasteiger partial charge is 0.160 e. The van der Waals surface area contributed by atoms with Crippen LogP contribution in [0.2, 0.25) is 0 Å². The molecule has 0 saturated carbocycles. The molecule has 15 heavy (non-hydrogen) atoms. The van der Waals surface area contributed by atoms with Crippen molar-refractivity contribution in [2.24, 2.45) is 5.10 Å². The lowest BCUT2D eigenvalue weighted by Crippen LogP contribution is -2.46. The molecule has 1 radical (unpaired) electrons. The Labute approximate surface area is 89.0 Å². The second-order valence-electron chi connectivity index (χ2n) is 3.78. The van der Waals surface area contributed by atoms with E-state index < -0.39 is 0 Å². The molecule has 0 bridgehead atoms. The van der Waals surface area contributed by atoms with E-state index in [1.807, 2.05) is 18.2 Å². The van der Waals surface area contributed by atoms with Crippen LogP contribution in [0.3, 0.4) is 0 Å². The van der Waals surface area contributed by atoms with Crippen LogP contribution in [-0.2, 0) is 0 Å². The van der Waals surface area contributed by atoms with Crippen molar-refractivity contribution in [2.45, 2.75) is 0 Å². The predicted octanol–water partition coefficient (Wildman–Crippen LogP) is 0.503. The molecule has 1 fully saturated rings. The largest absolute Gasteiger partial charge is 0.352 e. The molecule has 1 aromatic rings. The van der Waals surface area contributed by atoms with Gasteiger partial charge in [-0.25, -0.2) is 0 Å². The number of rotatable bonds is 0. The Balaban J connectivity index is 1.89. The number of piperazine rings is 1. The third-order valence-corrected chi connectivity index (χ3v) is 2.81. The minimum atomic E-state index is 0.992. The van der Waals surface area contributed by atoms with E-state index in [1.54, 1.807) is 0 Å². The van der Waals surface area contributed by atoms with Crippen LogP contribution in [-0.4, -0.2) is 36.9 Å². The summed E-state index contributed by atoms with van der Waals surface area (Å²) in [5, 5.41) is 7.60. The number of nitrogens with one attached hydrogen (secondary N) is 1.